The summed E-state index contributed by atoms with van der Waals surface area (Å²) in [5, 5.41) is 19.1. The highest BCUT2D eigenvalue weighted by atomic mass is 16.5. The van der Waals surface area contributed by atoms with Gasteiger partial charge in [0.05, 0.1) is 27.4 Å². The zero-order valence-electron chi connectivity index (χ0n) is 31.5. The predicted molar refractivity (Wildman–Crippen MR) is 231 cm³/mol. The molecule has 2 N–H and O–H groups in total. The Morgan fingerprint density at radius 2 is 0.554 bits per heavy atom. The van der Waals surface area contributed by atoms with Crippen LogP contribution in [0.15, 0.2) is 170 Å². The van der Waals surface area contributed by atoms with Crippen molar-refractivity contribution in [3.05, 3.63) is 203 Å². The third-order valence-electron chi connectivity index (χ3n) is 9.59. The third-order valence-corrected chi connectivity index (χ3v) is 9.59. The molecule has 6 heteroatoms. The molecule has 0 aromatic heterocycles. The van der Waals surface area contributed by atoms with E-state index in [-0.39, 0.29) is 13.2 Å². The monoisotopic (exact) mass is 736 g/mol. The molecular weight excluding hydrogens is 693 g/mol. The van der Waals surface area contributed by atoms with Gasteiger partial charge in [0, 0.05) is 34.1 Å². The van der Waals surface area contributed by atoms with Crippen LogP contribution in [-0.2, 0) is 13.2 Å². The van der Waals surface area contributed by atoms with Crippen LogP contribution in [0.5, 0.6) is 11.5 Å². The van der Waals surface area contributed by atoms with Crippen molar-refractivity contribution >= 4 is 58.4 Å². The van der Waals surface area contributed by atoms with E-state index in [9.17, 15) is 10.2 Å². The summed E-state index contributed by atoms with van der Waals surface area (Å²) < 4.78 is 10.8. The van der Waals surface area contributed by atoms with Gasteiger partial charge in [-0.15, -0.1) is 0 Å². The fraction of sp³-hybridized carbons (Fsp3) is 0.0800. The Labute approximate surface area is 329 Å². The maximum atomic E-state index is 9.55. The van der Waals surface area contributed by atoms with Crippen LogP contribution in [0.1, 0.15) is 33.4 Å². The highest BCUT2D eigenvalue weighted by molar-refractivity contribution is 5.80. The van der Waals surface area contributed by atoms with Crippen molar-refractivity contribution in [2.24, 2.45) is 0 Å². The molecule has 0 spiro atoms. The van der Waals surface area contributed by atoms with Crippen LogP contribution >= 0.6 is 0 Å². The fourth-order valence-corrected chi connectivity index (χ4v) is 6.43. The topological polar surface area (TPSA) is 65.4 Å². The number of rotatable bonds is 14. The smallest absolute Gasteiger partial charge is 0.119 e. The van der Waals surface area contributed by atoms with E-state index in [2.05, 4.69) is 131 Å². The van der Waals surface area contributed by atoms with Crippen LogP contribution in [0.4, 0.5) is 34.1 Å². The Morgan fingerprint density at radius 3 is 0.786 bits per heavy atom. The van der Waals surface area contributed by atoms with E-state index in [0.717, 1.165) is 79.0 Å². The number of ether oxygens (including phenoxy) is 2. The molecule has 0 atom stereocenters. The minimum Gasteiger partial charge on any atom is -0.497 e. The molecule has 0 aliphatic carbocycles. The van der Waals surface area contributed by atoms with E-state index in [1.54, 1.807) is 14.2 Å². The van der Waals surface area contributed by atoms with Crippen molar-refractivity contribution < 1.29 is 19.7 Å². The molecule has 0 radical (unpaired) electrons. The molecule has 7 aromatic carbocycles. The van der Waals surface area contributed by atoms with Gasteiger partial charge in [-0.25, -0.2) is 0 Å². The first-order valence-electron chi connectivity index (χ1n) is 18.5. The standard InChI is InChI=1S/C50H44N2O4/c1-55-49-31-27-47(28-32-49)52(48-29-33-50(56-2)34-30-48)44-21-13-40(14-22-44)10-8-38-5-3-37(4-6-38)7-9-39-11-19-43(20-12-39)51(45-23-15-41(35-53)16-24-45)46-25-17-42(36-54)18-26-46/h3-34,53-54H,35-36H2,1-2H3/b9-7+,10-8+. The lowest BCUT2D eigenvalue weighted by Crippen LogP contribution is -2.10. The maximum Gasteiger partial charge on any atom is 0.119 e. The summed E-state index contributed by atoms with van der Waals surface area (Å²) in [7, 11) is 3.35. The van der Waals surface area contributed by atoms with Crippen molar-refractivity contribution in [3.63, 3.8) is 0 Å². The number of aliphatic hydroxyl groups is 2. The Kier molecular flexibility index (Phi) is 12.0. The van der Waals surface area contributed by atoms with Gasteiger partial charge < -0.3 is 29.5 Å². The first kappa shape index (κ1) is 37.5. The summed E-state index contributed by atoms with van der Waals surface area (Å²) in [6, 6.07) is 57.4. The SMILES string of the molecule is COc1ccc(N(c2ccc(/C=C/c3ccc(/C=C/c4ccc(N(c5ccc(CO)cc5)c5ccc(CO)cc5)cc4)cc3)cc2)c2ccc(OC)cc2)cc1. The molecular formula is C50H44N2O4. The molecule has 0 fully saturated rings. The number of nitrogens with zero attached hydrogens (tertiary/aromatic N) is 2. The van der Waals surface area contributed by atoms with Gasteiger partial charge in [-0.05, 0) is 130 Å². The zero-order chi connectivity index (χ0) is 38.7. The summed E-state index contributed by atoms with van der Waals surface area (Å²) in [4.78, 5) is 4.37. The van der Waals surface area contributed by atoms with Crippen LogP contribution in [0.3, 0.4) is 0 Å². The van der Waals surface area contributed by atoms with Gasteiger partial charge in [0.2, 0.25) is 0 Å². The number of hydrogen-bond donors (Lipinski definition) is 2. The second-order valence-corrected chi connectivity index (χ2v) is 13.2. The normalized spacial score (nSPS) is 11.2. The summed E-state index contributed by atoms with van der Waals surface area (Å²) in [5.74, 6) is 1.63. The molecule has 278 valence electrons. The van der Waals surface area contributed by atoms with Crippen LogP contribution in [-0.4, -0.2) is 24.4 Å². The molecule has 6 nitrogen and oxygen atoms in total. The Morgan fingerprint density at radius 1 is 0.339 bits per heavy atom. The molecule has 0 aliphatic rings. The molecule has 0 unspecified atom stereocenters. The molecule has 0 saturated carbocycles. The van der Waals surface area contributed by atoms with E-state index in [1.165, 1.54) is 0 Å². The summed E-state index contributed by atoms with van der Waals surface area (Å²) >= 11 is 0. The molecule has 56 heavy (non-hydrogen) atoms. The first-order chi connectivity index (χ1) is 27.5. The van der Waals surface area contributed by atoms with Crippen molar-refractivity contribution in [1.29, 1.82) is 0 Å². The van der Waals surface area contributed by atoms with Crippen molar-refractivity contribution in [3.8, 4) is 11.5 Å². The minimum absolute atomic E-state index is 0.000227. The Hall–Kier alpha value is -6.86. The fourth-order valence-electron chi connectivity index (χ4n) is 6.43. The number of methoxy groups -OCH3 is 2. The van der Waals surface area contributed by atoms with E-state index in [1.807, 2.05) is 72.8 Å². The van der Waals surface area contributed by atoms with Gasteiger partial charge in [-0.1, -0.05) is 97.1 Å². The first-order valence-corrected chi connectivity index (χ1v) is 18.5. The number of benzene rings is 7. The van der Waals surface area contributed by atoms with Crippen molar-refractivity contribution in [2.75, 3.05) is 24.0 Å². The van der Waals surface area contributed by atoms with Crippen LogP contribution < -0.4 is 19.3 Å². The Balaban J connectivity index is 1.02. The second kappa shape index (κ2) is 18.0. The number of aliphatic hydroxyl groups excluding tert-OH is 2. The highest BCUT2D eigenvalue weighted by Crippen LogP contribution is 2.37. The van der Waals surface area contributed by atoms with E-state index < -0.39 is 0 Å². The quantitative estimate of drug-likeness (QED) is 0.108. The van der Waals surface area contributed by atoms with Gasteiger partial charge in [-0.2, -0.15) is 0 Å². The molecule has 7 aromatic rings. The maximum absolute atomic E-state index is 9.55. The molecule has 0 aliphatic heterocycles. The molecule has 0 heterocycles. The molecule has 7 rings (SSSR count). The number of hydrogen-bond acceptors (Lipinski definition) is 6. The van der Waals surface area contributed by atoms with Crippen LogP contribution in [0, 0.1) is 0 Å². The van der Waals surface area contributed by atoms with E-state index >= 15 is 0 Å². The summed E-state index contributed by atoms with van der Waals surface area (Å²) in [6.07, 6.45) is 8.50. The van der Waals surface area contributed by atoms with Crippen molar-refractivity contribution in [2.45, 2.75) is 13.2 Å². The Bertz CT molecular complexity index is 2080. The lowest BCUT2D eigenvalue weighted by atomic mass is 10.1. The van der Waals surface area contributed by atoms with Crippen LogP contribution in [0.25, 0.3) is 24.3 Å². The molecule has 0 bridgehead atoms. The van der Waals surface area contributed by atoms with Gasteiger partial charge in [0.1, 0.15) is 11.5 Å². The van der Waals surface area contributed by atoms with Gasteiger partial charge in [0.15, 0.2) is 0 Å². The van der Waals surface area contributed by atoms with Gasteiger partial charge in [-0.3, -0.25) is 0 Å². The van der Waals surface area contributed by atoms with E-state index in [0.29, 0.717) is 0 Å². The van der Waals surface area contributed by atoms with E-state index in [4.69, 9.17) is 9.47 Å². The summed E-state index contributed by atoms with van der Waals surface area (Å²) in [6.45, 7) is -0.000453. The van der Waals surface area contributed by atoms with Crippen LogP contribution in [0.2, 0.25) is 0 Å². The largest absolute Gasteiger partial charge is 0.497 e. The highest BCUT2D eigenvalue weighted by Gasteiger charge is 2.14. The predicted octanol–water partition coefficient (Wildman–Crippen LogP) is 12.0. The summed E-state index contributed by atoms with van der Waals surface area (Å²) in [5.41, 5.74) is 12.2. The lowest BCUT2D eigenvalue weighted by Gasteiger charge is -2.26. The van der Waals surface area contributed by atoms with Gasteiger partial charge >= 0.3 is 0 Å². The zero-order valence-corrected chi connectivity index (χ0v) is 31.5. The minimum atomic E-state index is -0.000227. The lowest BCUT2D eigenvalue weighted by molar-refractivity contribution is 0.281. The second-order valence-electron chi connectivity index (χ2n) is 13.2. The molecule has 0 saturated heterocycles. The van der Waals surface area contributed by atoms with Crippen molar-refractivity contribution in [1.82, 2.24) is 0 Å². The van der Waals surface area contributed by atoms with Gasteiger partial charge in [0.25, 0.3) is 0 Å². The average molecular weight is 737 g/mol. The average Bonchev–Trinajstić information content (AvgIpc) is 3.27. The number of anilines is 6. The third kappa shape index (κ3) is 9.08. The molecule has 0 amide bonds.